The Bertz CT molecular complexity index is 666. The van der Waals surface area contributed by atoms with Crippen LogP contribution in [0.25, 0.3) is 0 Å². The molecule has 2 atom stereocenters. The molecule has 1 aromatic carbocycles. The number of hydrogen-bond acceptors (Lipinski definition) is 4. The first-order chi connectivity index (χ1) is 11.2. The van der Waals surface area contributed by atoms with Crippen LogP contribution in [0.1, 0.15) is 22.8 Å². The first-order valence-corrected chi connectivity index (χ1v) is 8.87. The minimum absolute atomic E-state index is 0.000731. The van der Waals surface area contributed by atoms with Crippen LogP contribution >= 0.6 is 0 Å². The van der Waals surface area contributed by atoms with Gasteiger partial charge in [0.05, 0.1) is 6.61 Å². The molecule has 1 aliphatic heterocycles. The lowest BCUT2D eigenvalue weighted by Crippen LogP contribution is -2.33. The van der Waals surface area contributed by atoms with Crippen LogP contribution < -0.4 is 10.1 Å². The Balaban J connectivity index is 1.57. The lowest BCUT2D eigenvalue weighted by Gasteiger charge is -2.27. The van der Waals surface area contributed by atoms with E-state index in [-0.39, 0.29) is 16.9 Å². The van der Waals surface area contributed by atoms with Gasteiger partial charge in [-0.05, 0) is 28.9 Å². The van der Waals surface area contributed by atoms with E-state index in [2.05, 4.69) is 10.3 Å². The van der Waals surface area contributed by atoms with Crippen LogP contribution in [-0.4, -0.2) is 27.8 Å². The van der Waals surface area contributed by atoms with E-state index in [0.29, 0.717) is 19.6 Å². The van der Waals surface area contributed by atoms with Crippen LogP contribution in [0.5, 0.6) is 5.75 Å². The number of nitrogens with one attached hydrogen (secondary N) is 1. The summed E-state index contributed by atoms with van der Waals surface area (Å²) in [7, 11) is 0. The van der Waals surface area contributed by atoms with Crippen molar-refractivity contribution in [2.75, 3.05) is 12.4 Å². The van der Waals surface area contributed by atoms with E-state index in [9.17, 15) is 9.35 Å². The molecular formula is C17H18N2O3S. The Kier molecular flexibility index (Phi) is 5.15. The van der Waals surface area contributed by atoms with Gasteiger partial charge in [0.25, 0.3) is 5.91 Å². The molecule has 0 radical (unpaired) electrons. The van der Waals surface area contributed by atoms with Crippen LogP contribution in [0.15, 0.2) is 48.8 Å². The van der Waals surface area contributed by atoms with Crippen molar-refractivity contribution in [1.82, 2.24) is 10.3 Å². The Labute approximate surface area is 138 Å². The van der Waals surface area contributed by atoms with Crippen molar-refractivity contribution in [2.45, 2.75) is 18.2 Å². The third-order valence-corrected chi connectivity index (χ3v) is 5.38. The van der Waals surface area contributed by atoms with Crippen molar-refractivity contribution in [2.24, 2.45) is 0 Å². The minimum Gasteiger partial charge on any atom is -0.615 e. The Hall–Kier alpha value is -2.05. The predicted octanol–water partition coefficient (Wildman–Crippen LogP) is 1.97. The lowest BCUT2D eigenvalue weighted by molar-refractivity contribution is -0.118. The summed E-state index contributed by atoms with van der Waals surface area (Å²) in [6.07, 6.45) is 4.05. The molecule has 3 rings (SSSR count). The van der Waals surface area contributed by atoms with Gasteiger partial charge in [-0.1, -0.05) is 24.3 Å². The fourth-order valence-electron chi connectivity index (χ4n) is 2.57. The van der Waals surface area contributed by atoms with Crippen molar-refractivity contribution in [1.29, 1.82) is 0 Å². The van der Waals surface area contributed by atoms with Crippen LogP contribution in [-0.2, 0) is 22.5 Å². The molecule has 5 nitrogen and oxygen atoms in total. The van der Waals surface area contributed by atoms with E-state index in [0.717, 1.165) is 16.9 Å². The first kappa shape index (κ1) is 15.8. The number of carbonyl (C=O) groups is 1. The van der Waals surface area contributed by atoms with Gasteiger partial charge in [-0.15, -0.1) is 0 Å². The largest absolute Gasteiger partial charge is 0.615 e. The maximum Gasteiger partial charge on any atom is 0.270 e. The lowest BCUT2D eigenvalue weighted by atomic mass is 10.1. The fourth-order valence-corrected chi connectivity index (χ4v) is 3.97. The number of pyridine rings is 1. The van der Waals surface area contributed by atoms with E-state index in [4.69, 9.17) is 4.74 Å². The normalized spacial score (nSPS) is 17.7. The van der Waals surface area contributed by atoms with Gasteiger partial charge < -0.3 is 14.6 Å². The third kappa shape index (κ3) is 4.03. The predicted molar refractivity (Wildman–Crippen MR) is 88.4 cm³/mol. The number of fused-ring (bicyclic) bond motifs is 1. The average Bonchev–Trinajstić information content (AvgIpc) is 2.60. The second-order valence-electron chi connectivity index (χ2n) is 5.33. The van der Waals surface area contributed by atoms with Gasteiger partial charge in [-0.2, -0.15) is 0 Å². The van der Waals surface area contributed by atoms with Gasteiger partial charge in [0, 0.05) is 30.9 Å². The third-order valence-electron chi connectivity index (χ3n) is 3.71. The first-order valence-electron chi connectivity index (χ1n) is 7.48. The summed E-state index contributed by atoms with van der Waals surface area (Å²) >= 11 is -1.26. The van der Waals surface area contributed by atoms with Crippen LogP contribution in [0.2, 0.25) is 0 Å². The number of carbonyl (C=O) groups excluding carboxylic acids is 1. The van der Waals surface area contributed by atoms with E-state index in [1.807, 2.05) is 36.4 Å². The zero-order valence-electron chi connectivity index (χ0n) is 12.6. The monoisotopic (exact) mass is 330 g/mol. The Morgan fingerprint density at radius 1 is 1.35 bits per heavy atom. The van der Waals surface area contributed by atoms with Gasteiger partial charge in [-0.3, -0.25) is 9.78 Å². The maximum absolute atomic E-state index is 12.6. The Morgan fingerprint density at radius 3 is 3.04 bits per heavy atom. The number of ether oxygens (including phenoxy) is 1. The maximum atomic E-state index is 12.6. The molecule has 0 aliphatic carbocycles. The van der Waals surface area contributed by atoms with Crippen molar-refractivity contribution >= 4 is 17.1 Å². The van der Waals surface area contributed by atoms with Crippen LogP contribution in [0, 0.1) is 0 Å². The molecule has 1 N–H and O–H groups in total. The molecule has 23 heavy (non-hydrogen) atoms. The molecular weight excluding hydrogens is 312 g/mol. The molecule has 6 heteroatoms. The molecule has 0 spiro atoms. The van der Waals surface area contributed by atoms with E-state index < -0.39 is 11.2 Å². The van der Waals surface area contributed by atoms with E-state index >= 15 is 0 Å². The highest BCUT2D eigenvalue weighted by Gasteiger charge is 2.32. The highest BCUT2D eigenvalue weighted by atomic mass is 32.2. The summed E-state index contributed by atoms with van der Waals surface area (Å²) in [5.41, 5.74) is 1.85. The summed E-state index contributed by atoms with van der Waals surface area (Å²) in [5.74, 6) is 0.559. The number of nitrogens with zero attached hydrogens (tertiary/aromatic N) is 1. The van der Waals surface area contributed by atoms with Crippen molar-refractivity contribution in [3.63, 3.8) is 0 Å². The van der Waals surface area contributed by atoms with Crippen LogP contribution in [0.3, 0.4) is 0 Å². The van der Waals surface area contributed by atoms with E-state index in [1.54, 1.807) is 12.4 Å². The minimum atomic E-state index is -1.26. The van der Waals surface area contributed by atoms with Gasteiger partial charge >= 0.3 is 0 Å². The van der Waals surface area contributed by atoms with Crippen molar-refractivity contribution in [3.05, 3.63) is 59.9 Å². The van der Waals surface area contributed by atoms with Crippen LogP contribution in [0.4, 0.5) is 0 Å². The van der Waals surface area contributed by atoms with Crippen molar-refractivity contribution < 1.29 is 14.1 Å². The summed E-state index contributed by atoms with van der Waals surface area (Å²) in [6, 6.07) is 11.3. The topological polar surface area (TPSA) is 74.3 Å². The molecule has 2 heterocycles. The average molecular weight is 330 g/mol. The molecule has 120 valence electrons. The summed E-state index contributed by atoms with van der Waals surface area (Å²) in [4.78, 5) is 16.0. The van der Waals surface area contributed by atoms with E-state index in [1.165, 1.54) is 0 Å². The highest BCUT2D eigenvalue weighted by molar-refractivity contribution is 7.92. The van der Waals surface area contributed by atoms with Gasteiger partial charge in [-0.25, -0.2) is 0 Å². The smallest absolute Gasteiger partial charge is 0.270 e. The standard InChI is InChI=1S/C17H18N2O3S/c20-17(19-11-13-4-3-8-18-10-13)12-23(21)16-7-9-22-15-6-2-1-5-14(15)16/h1-6,8,10,16H,7,9,11-12H2,(H,19,20). The quantitative estimate of drug-likeness (QED) is 0.851. The molecule has 0 saturated heterocycles. The van der Waals surface area contributed by atoms with Crippen molar-refractivity contribution in [3.8, 4) is 5.75 Å². The number of amides is 1. The fraction of sp³-hybridized carbons (Fsp3) is 0.294. The number of benzene rings is 1. The van der Waals surface area contributed by atoms with Gasteiger partial charge in [0.15, 0.2) is 5.75 Å². The summed E-state index contributed by atoms with van der Waals surface area (Å²) in [5, 5.41) is 2.64. The summed E-state index contributed by atoms with van der Waals surface area (Å²) < 4.78 is 18.1. The second kappa shape index (κ2) is 7.48. The molecule has 1 aromatic heterocycles. The molecule has 2 unspecified atom stereocenters. The zero-order chi connectivity index (χ0) is 16.1. The molecule has 0 saturated carbocycles. The Morgan fingerprint density at radius 2 is 2.22 bits per heavy atom. The molecule has 0 fully saturated rings. The molecule has 1 amide bonds. The second-order valence-corrected chi connectivity index (χ2v) is 6.95. The number of aromatic nitrogens is 1. The SMILES string of the molecule is O=C(C[S+]([O-])C1CCOc2ccccc21)NCc1cccnc1. The number of hydrogen-bond donors (Lipinski definition) is 1. The summed E-state index contributed by atoms with van der Waals surface area (Å²) in [6.45, 7) is 0.930. The van der Waals surface area contributed by atoms with Gasteiger partial charge in [0.1, 0.15) is 11.0 Å². The molecule has 0 bridgehead atoms. The number of para-hydroxylation sites is 1. The van der Waals surface area contributed by atoms with Gasteiger partial charge in [0.2, 0.25) is 0 Å². The highest BCUT2D eigenvalue weighted by Crippen LogP contribution is 2.37. The molecule has 1 aliphatic rings. The molecule has 2 aromatic rings. The zero-order valence-corrected chi connectivity index (χ0v) is 13.4. The number of rotatable bonds is 5.